The number of nitrogens with one attached hydrogen (secondary N) is 2. The Hall–Kier alpha value is -2.30. The number of nitrogens with zero attached hydrogens (tertiary/aromatic N) is 2. The normalized spacial score (nSPS) is 10.5. The van der Waals surface area contributed by atoms with Crippen molar-refractivity contribution in [2.45, 2.75) is 0 Å². The number of rotatable bonds is 7. The minimum atomic E-state index is -0.509. The molecule has 2 heterocycles. The number of hydrogen-bond donors (Lipinski definition) is 2. The predicted octanol–water partition coefficient (Wildman–Crippen LogP) is 2.20. The van der Waals surface area contributed by atoms with E-state index < -0.39 is 5.97 Å². The Morgan fingerprint density at radius 1 is 1.19 bits per heavy atom. The molecule has 2 aromatic heterocycles. The Morgan fingerprint density at radius 3 is 2.50 bits per heavy atom. The maximum Gasteiger partial charge on any atom is 0.350 e. The van der Waals surface area contributed by atoms with Gasteiger partial charge in [0.1, 0.15) is 10.7 Å². The first kappa shape index (κ1) is 20.0. The fourth-order valence-corrected chi connectivity index (χ4v) is 3.03. The number of anilines is 2. The Kier molecular flexibility index (Phi) is 7.25. The van der Waals surface area contributed by atoms with Crippen LogP contribution in [-0.2, 0) is 14.3 Å². The van der Waals surface area contributed by atoms with Gasteiger partial charge in [-0.3, -0.25) is 14.5 Å². The number of hydrogen-bond acceptors (Lipinski definition) is 7. The lowest BCUT2D eigenvalue weighted by atomic mass is 10.3. The zero-order valence-corrected chi connectivity index (χ0v) is 16.5. The van der Waals surface area contributed by atoms with E-state index in [1.165, 1.54) is 18.4 Å². The molecule has 26 heavy (non-hydrogen) atoms. The standard InChI is InChI=1S/C16H17BrN4O4S/c1-21(9-14(23)20-12-4-3-10(17)7-18-12)8-13(22)19-11-5-6-26-15(11)16(24)25-2/h3-7H,8-9H2,1-2H3,(H,19,22)(H,18,20,23). The molecule has 2 amide bonds. The maximum atomic E-state index is 12.1. The molecule has 2 aromatic rings. The molecule has 0 radical (unpaired) electrons. The molecule has 0 aliphatic heterocycles. The van der Waals surface area contributed by atoms with Crippen LogP contribution in [0.3, 0.4) is 0 Å². The van der Waals surface area contributed by atoms with Crippen LogP contribution < -0.4 is 10.6 Å². The number of thiophene rings is 1. The van der Waals surface area contributed by atoms with Gasteiger partial charge in [0.05, 0.1) is 25.9 Å². The monoisotopic (exact) mass is 440 g/mol. The van der Waals surface area contributed by atoms with Crippen molar-refractivity contribution in [2.75, 3.05) is 37.9 Å². The molecular formula is C16H17BrN4O4S. The lowest BCUT2D eigenvalue weighted by Crippen LogP contribution is -2.36. The molecule has 0 bridgehead atoms. The molecule has 0 fully saturated rings. The second-order valence-corrected chi connectivity index (χ2v) is 7.12. The van der Waals surface area contributed by atoms with E-state index in [2.05, 4.69) is 36.3 Å². The molecule has 0 unspecified atom stereocenters. The summed E-state index contributed by atoms with van der Waals surface area (Å²) in [7, 11) is 2.92. The van der Waals surface area contributed by atoms with Crippen LogP contribution in [0.2, 0.25) is 0 Å². The number of carbonyl (C=O) groups is 3. The van der Waals surface area contributed by atoms with Gasteiger partial charge >= 0.3 is 5.97 Å². The Labute approximate surface area is 162 Å². The summed E-state index contributed by atoms with van der Waals surface area (Å²) in [6, 6.07) is 5.06. The van der Waals surface area contributed by atoms with Gasteiger partial charge in [0, 0.05) is 10.7 Å². The molecule has 8 nitrogen and oxygen atoms in total. The smallest absolute Gasteiger partial charge is 0.350 e. The van der Waals surface area contributed by atoms with Gasteiger partial charge in [-0.25, -0.2) is 9.78 Å². The van der Waals surface area contributed by atoms with E-state index in [1.54, 1.807) is 41.7 Å². The highest BCUT2D eigenvalue weighted by molar-refractivity contribution is 9.10. The summed E-state index contributed by atoms with van der Waals surface area (Å²) in [6.45, 7) is -0.00367. The van der Waals surface area contributed by atoms with Crippen molar-refractivity contribution >= 4 is 56.6 Å². The topological polar surface area (TPSA) is 101 Å². The zero-order valence-electron chi connectivity index (χ0n) is 14.1. The second kappa shape index (κ2) is 9.41. The zero-order chi connectivity index (χ0) is 19.1. The summed E-state index contributed by atoms with van der Waals surface area (Å²) in [5.41, 5.74) is 0.392. The molecule has 0 atom stereocenters. The lowest BCUT2D eigenvalue weighted by molar-refractivity contribution is -0.119. The number of aromatic nitrogens is 1. The first-order valence-corrected chi connectivity index (χ1v) is 9.12. The van der Waals surface area contributed by atoms with Crippen LogP contribution in [0.1, 0.15) is 9.67 Å². The molecular weight excluding hydrogens is 424 g/mol. The highest BCUT2D eigenvalue weighted by atomic mass is 79.9. The van der Waals surface area contributed by atoms with E-state index in [1.807, 2.05) is 0 Å². The van der Waals surface area contributed by atoms with Gasteiger partial charge in [0.25, 0.3) is 0 Å². The number of likely N-dealkylation sites (N-methyl/N-ethyl adjacent to an activating group) is 1. The second-order valence-electron chi connectivity index (χ2n) is 5.29. The number of methoxy groups -OCH3 is 1. The van der Waals surface area contributed by atoms with Crippen LogP contribution in [0, 0.1) is 0 Å². The molecule has 0 saturated carbocycles. The fraction of sp³-hybridized carbons (Fsp3) is 0.250. The number of pyridine rings is 1. The third kappa shape index (κ3) is 5.90. The van der Waals surface area contributed by atoms with Crippen molar-refractivity contribution in [3.8, 4) is 0 Å². The highest BCUT2D eigenvalue weighted by Crippen LogP contribution is 2.23. The summed E-state index contributed by atoms with van der Waals surface area (Å²) in [5.74, 6) is -0.714. The summed E-state index contributed by atoms with van der Waals surface area (Å²) in [6.07, 6.45) is 1.58. The summed E-state index contributed by atoms with van der Waals surface area (Å²) in [4.78, 5) is 41.6. The number of ether oxygens (including phenoxy) is 1. The van der Waals surface area contributed by atoms with Crippen LogP contribution >= 0.6 is 27.3 Å². The predicted molar refractivity (Wildman–Crippen MR) is 102 cm³/mol. The molecule has 0 aliphatic carbocycles. The van der Waals surface area contributed by atoms with E-state index in [0.717, 1.165) is 4.47 Å². The van der Waals surface area contributed by atoms with Gasteiger partial charge in [0.15, 0.2) is 0 Å². The molecule has 2 N–H and O–H groups in total. The van der Waals surface area contributed by atoms with E-state index in [4.69, 9.17) is 0 Å². The Morgan fingerprint density at radius 2 is 1.88 bits per heavy atom. The molecule has 2 rings (SSSR count). The first-order valence-electron chi connectivity index (χ1n) is 7.44. The van der Waals surface area contributed by atoms with Crippen LogP contribution in [0.4, 0.5) is 11.5 Å². The van der Waals surface area contributed by atoms with E-state index in [-0.39, 0.29) is 24.9 Å². The number of esters is 1. The minimum Gasteiger partial charge on any atom is -0.465 e. The summed E-state index contributed by atoms with van der Waals surface area (Å²) in [5, 5.41) is 6.98. The third-order valence-corrected chi connectivity index (χ3v) is 4.50. The van der Waals surface area contributed by atoms with Gasteiger partial charge < -0.3 is 15.4 Å². The van der Waals surface area contributed by atoms with Crippen LogP contribution in [0.15, 0.2) is 34.2 Å². The molecule has 0 spiro atoms. The van der Waals surface area contributed by atoms with E-state index >= 15 is 0 Å². The van der Waals surface area contributed by atoms with Gasteiger partial charge in [-0.1, -0.05) is 0 Å². The Bertz CT molecular complexity index is 794. The molecule has 10 heteroatoms. The Balaban J connectivity index is 1.83. The minimum absolute atomic E-state index is 0.0126. The molecule has 138 valence electrons. The molecule has 0 aliphatic rings. The van der Waals surface area contributed by atoms with Gasteiger partial charge in [-0.05, 0) is 46.6 Å². The SMILES string of the molecule is COC(=O)c1sccc1NC(=O)CN(C)CC(=O)Nc1ccc(Br)cn1. The van der Waals surface area contributed by atoms with Gasteiger partial charge in [0.2, 0.25) is 11.8 Å². The third-order valence-electron chi connectivity index (χ3n) is 3.13. The van der Waals surface area contributed by atoms with Gasteiger partial charge in [-0.15, -0.1) is 11.3 Å². The largest absolute Gasteiger partial charge is 0.465 e. The number of carbonyl (C=O) groups excluding carboxylic acids is 3. The van der Waals surface area contributed by atoms with Crippen molar-refractivity contribution in [1.29, 1.82) is 0 Å². The quantitative estimate of drug-likeness (QED) is 0.640. The van der Waals surface area contributed by atoms with Crippen molar-refractivity contribution in [1.82, 2.24) is 9.88 Å². The van der Waals surface area contributed by atoms with E-state index in [9.17, 15) is 14.4 Å². The first-order chi connectivity index (χ1) is 12.4. The summed E-state index contributed by atoms with van der Waals surface area (Å²) >= 11 is 4.44. The highest BCUT2D eigenvalue weighted by Gasteiger charge is 2.17. The maximum absolute atomic E-state index is 12.1. The average molecular weight is 441 g/mol. The molecule has 0 saturated heterocycles. The van der Waals surface area contributed by atoms with E-state index in [0.29, 0.717) is 16.4 Å². The van der Waals surface area contributed by atoms with Crippen molar-refractivity contribution in [3.05, 3.63) is 39.1 Å². The molecule has 0 aromatic carbocycles. The van der Waals surface area contributed by atoms with Crippen LogP contribution in [0.5, 0.6) is 0 Å². The lowest BCUT2D eigenvalue weighted by Gasteiger charge is -2.15. The number of amides is 2. The van der Waals surface area contributed by atoms with Crippen molar-refractivity contribution in [2.24, 2.45) is 0 Å². The number of halogens is 1. The van der Waals surface area contributed by atoms with Crippen LogP contribution in [0.25, 0.3) is 0 Å². The fourth-order valence-electron chi connectivity index (χ4n) is 2.03. The van der Waals surface area contributed by atoms with Crippen LogP contribution in [-0.4, -0.2) is 54.9 Å². The van der Waals surface area contributed by atoms with Crippen molar-refractivity contribution in [3.63, 3.8) is 0 Å². The summed E-state index contributed by atoms with van der Waals surface area (Å²) < 4.78 is 5.47. The van der Waals surface area contributed by atoms with Gasteiger partial charge in [-0.2, -0.15) is 0 Å². The average Bonchev–Trinajstić information content (AvgIpc) is 3.03. The van der Waals surface area contributed by atoms with Crippen molar-refractivity contribution < 1.29 is 19.1 Å².